The smallest absolute Gasteiger partial charge is 0.237 e. The minimum absolute atomic E-state index is 0. The highest BCUT2D eigenvalue weighted by Crippen LogP contribution is 2.21. The molecule has 0 heterocycles. The second-order valence-electron chi connectivity index (χ2n) is 6.81. The molecule has 0 aliphatic rings. The van der Waals surface area contributed by atoms with E-state index in [1.807, 2.05) is 65.8 Å². The minimum atomic E-state index is -0.525. The number of ether oxygens (including phenoxy) is 1. The highest BCUT2D eigenvalue weighted by atomic mass is 35.5. The second kappa shape index (κ2) is 8.39. The van der Waals surface area contributed by atoms with Crippen molar-refractivity contribution >= 4 is 18.3 Å². The molecule has 4 nitrogen and oxygen atoms in total. The molecule has 0 saturated heterocycles. The Labute approximate surface area is 140 Å². The van der Waals surface area contributed by atoms with E-state index in [4.69, 9.17) is 10.5 Å². The highest BCUT2D eigenvalue weighted by Gasteiger charge is 2.28. The third-order valence-corrected chi connectivity index (χ3v) is 3.33. The lowest BCUT2D eigenvalue weighted by molar-refractivity contribution is -0.125. The maximum atomic E-state index is 12.1. The topological polar surface area (TPSA) is 64.3 Å². The van der Waals surface area contributed by atoms with Gasteiger partial charge in [-0.2, -0.15) is 0 Å². The van der Waals surface area contributed by atoms with Crippen LogP contribution in [0, 0.1) is 5.41 Å². The van der Waals surface area contributed by atoms with Gasteiger partial charge in [-0.15, -0.1) is 12.4 Å². The van der Waals surface area contributed by atoms with E-state index < -0.39 is 6.04 Å². The van der Waals surface area contributed by atoms with E-state index in [1.165, 1.54) is 0 Å². The summed E-state index contributed by atoms with van der Waals surface area (Å²) in [6.45, 7) is 11.8. The Balaban J connectivity index is 0.00000441. The van der Waals surface area contributed by atoms with E-state index in [0.717, 1.165) is 11.3 Å². The number of rotatable bonds is 5. The van der Waals surface area contributed by atoms with Crippen molar-refractivity contribution in [2.24, 2.45) is 11.1 Å². The lowest BCUT2D eigenvalue weighted by Crippen LogP contribution is -2.49. The predicted octanol–water partition coefficient (Wildman–Crippen LogP) is 3.45. The van der Waals surface area contributed by atoms with Crippen LogP contribution in [0.2, 0.25) is 0 Å². The summed E-state index contributed by atoms with van der Waals surface area (Å²) in [4.78, 5) is 12.1. The van der Waals surface area contributed by atoms with E-state index in [0.29, 0.717) is 0 Å². The molecule has 1 aromatic rings. The van der Waals surface area contributed by atoms with Gasteiger partial charge in [-0.25, -0.2) is 0 Å². The number of carbonyl (C=O) groups is 1. The van der Waals surface area contributed by atoms with Crippen molar-refractivity contribution < 1.29 is 9.53 Å². The molecule has 0 spiro atoms. The first-order valence-electron chi connectivity index (χ1n) is 7.44. The molecule has 0 bridgehead atoms. The van der Waals surface area contributed by atoms with Crippen LogP contribution in [0.5, 0.6) is 5.75 Å². The fraction of sp³-hybridized carbons (Fsp3) is 0.588. The second-order valence-corrected chi connectivity index (χ2v) is 6.81. The van der Waals surface area contributed by atoms with E-state index >= 15 is 0 Å². The molecule has 0 aliphatic carbocycles. The van der Waals surface area contributed by atoms with Gasteiger partial charge < -0.3 is 15.8 Å². The van der Waals surface area contributed by atoms with E-state index in [-0.39, 0.29) is 35.9 Å². The Bertz CT molecular complexity index is 467. The zero-order chi connectivity index (χ0) is 16.2. The van der Waals surface area contributed by atoms with Crippen molar-refractivity contribution in [3.05, 3.63) is 29.8 Å². The van der Waals surface area contributed by atoms with Crippen molar-refractivity contribution in [1.82, 2.24) is 5.32 Å². The van der Waals surface area contributed by atoms with Crippen LogP contribution in [0.1, 0.15) is 53.1 Å². The zero-order valence-electron chi connectivity index (χ0n) is 14.3. The van der Waals surface area contributed by atoms with Crippen LogP contribution in [-0.4, -0.2) is 18.1 Å². The number of carbonyl (C=O) groups excluding carboxylic acids is 1. The summed E-state index contributed by atoms with van der Waals surface area (Å²) in [5, 5.41) is 2.96. The van der Waals surface area contributed by atoms with Gasteiger partial charge in [-0.1, -0.05) is 32.9 Å². The molecule has 3 N–H and O–H groups in total. The number of hydrogen-bond acceptors (Lipinski definition) is 3. The maximum Gasteiger partial charge on any atom is 0.237 e. The van der Waals surface area contributed by atoms with Gasteiger partial charge in [0.1, 0.15) is 5.75 Å². The van der Waals surface area contributed by atoms with Crippen molar-refractivity contribution in [2.45, 2.75) is 59.7 Å². The molecule has 1 rings (SSSR count). The molecule has 1 unspecified atom stereocenters. The fourth-order valence-electron chi connectivity index (χ4n) is 1.89. The molecule has 5 heteroatoms. The van der Waals surface area contributed by atoms with Crippen LogP contribution < -0.4 is 15.8 Å². The van der Waals surface area contributed by atoms with Gasteiger partial charge in [0.05, 0.1) is 18.2 Å². The summed E-state index contributed by atoms with van der Waals surface area (Å²) in [7, 11) is 0. The number of nitrogens with one attached hydrogen (secondary N) is 1. The van der Waals surface area contributed by atoms with Crippen molar-refractivity contribution in [3.63, 3.8) is 0 Å². The number of halogens is 1. The molecule has 0 fully saturated rings. The summed E-state index contributed by atoms with van der Waals surface area (Å²) >= 11 is 0. The van der Waals surface area contributed by atoms with Crippen molar-refractivity contribution in [1.29, 1.82) is 0 Å². The molecule has 0 aromatic heterocycles. The monoisotopic (exact) mass is 328 g/mol. The third-order valence-electron chi connectivity index (χ3n) is 3.33. The third kappa shape index (κ3) is 6.24. The Hall–Kier alpha value is -1.26. The van der Waals surface area contributed by atoms with Crippen LogP contribution in [0.15, 0.2) is 24.3 Å². The summed E-state index contributed by atoms with van der Waals surface area (Å²) in [5.74, 6) is 0.705. The average molecular weight is 329 g/mol. The molecular formula is C17H29ClN2O2. The molecule has 22 heavy (non-hydrogen) atoms. The fourth-order valence-corrected chi connectivity index (χ4v) is 1.89. The quantitative estimate of drug-likeness (QED) is 0.870. The van der Waals surface area contributed by atoms with Gasteiger partial charge in [-0.3, -0.25) is 4.79 Å². The van der Waals surface area contributed by atoms with Crippen LogP contribution in [-0.2, 0) is 4.79 Å². The number of amides is 1. The number of benzene rings is 1. The summed E-state index contributed by atoms with van der Waals surface area (Å²) in [5.41, 5.74) is 6.74. The first-order chi connectivity index (χ1) is 9.61. The van der Waals surface area contributed by atoms with Gasteiger partial charge >= 0.3 is 0 Å². The first kappa shape index (κ1) is 20.7. The van der Waals surface area contributed by atoms with Crippen LogP contribution in [0.3, 0.4) is 0 Å². The minimum Gasteiger partial charge on any atom is -0.491 e. The average Bonchev–Trinajstić information content (AvgIpc) is 2.36. The molecule has 126 valence electrons. The summed E-state index contributed by atoms with van der Waals surface area (Å²) in [6.07, 6.45) is 0.151. The first-order valence-corrected chi connectivity index (χ1v) is 7.44. The highest BCUT2D eigenvalue weighted by molar-refractivity contribution is 5.85. The van der Waals surface area contributed by atoms with E-state index in [2.05, 4.69) is 5.32 Å². The Morgan fingerprint density at radius 3 is 2.05 bits per heavy atom. The van der Waals surface area contributed by atoms with Crippen molar-refractivity contribution in [2.75, 3.05) is 0 Å². The van der Waals surface area contributed by atoms with Crippen LogP contribution >= 0.6 is 12.4 Å². The Morgan fingerprint density at radius 1 is 1.14 bits per heavy atom. The van der Waals surface area contributed by atoms with Gasteiger partial charge in [0.15, 0.2) is 0 Å². The Morgan fingerprint density at radius 2 is 1.64 bits per heavy atom. The molecule has 1 amide bonds. The maximum absolute atomic E-state index is 12.1. The normalized spacial score (nSPS) is 14.0. The lowest BCUT2D eigenvalue weighted by Gasteiger charge is -2.27. The van der Waals surface area contributed by atoms with Gasteiger partial charge in [-0.05, 0) is 43.9 Å². The number of hydrogen-bond donors (Lipinski definition) is 2. The van der Waals surface area contributed by atoms with E-state index in [9.17, 15) is 4.79 Å². The van der Waals surface area contributed by atoms with Gasteiger partial charge in [0.25, 0.3) is 0 Å². The zero-order valence-corrected chi connectivity index (χ0v) is 15.2. The van der Waals surface area contributed by atoms with Crippen molar-refractivity contribution in [3.8, 4) is 5.75 Å². The van der Waals surface area contributed by atoms with Crippen LogP contribution in [0.4, 0.5) is 0 Å². The molecular weight excluding hydrogens is 300 g/mol. The van der Waals surface area contributed by atoms with E-state index in [1.54, 1.807) is 0 Å². The molecule has 2 atom stereocenters. The SMILES string of the molecule is CC(C)Oc1ccc(C(C)NC(=O)[C@@H](N)C(C)(C)C)cc1.Cl. The van der Waals surface area contributed by atoms with Gasteiger partial charge in [0.2, 0.25) is 5.91 Å². The number of nitrogens with two attached hydrogens (primary N) is 1. The molecule has 0 radical (unpaired) electrons. The molecule has 0 aliphatic heterocycles. The summed E-state index contributed by atoms with van der Waals surface area (Å²) < 4.78 is 5.61. The van der Waals surface area contributed by atoms with Crippen LogP contribution in [0.25, 0.3) is 0 Å². The molecule has 0 saturated carbocycles. The lowest BCUT2D eigenvalue weighted by atomic mass is 9.86. The predicted molar refractivity (Wildman–Crippen MR) is 93.4 cm³/mol. The summed E-state index contributed by atoms with van der Waals surface area (Å²) in [6, 6.07) is 7.15. The largest absolute Gasteiger partial charge is 0.491 e. The standard InChI is InChI=1S/C17H28N2O2.ClH/c1-11(2)21-14-9-7-13(8-10-14)12(3)19-16(20)15(18)17(4,5)6;/h7-12,15H,18H2,1-6H3,(H,19,20);1H/t12?,15-;/m1./s1. The molecule has 1 aromatic carbocycles. The Kier molecular flexibility index (Phi) is 7.91. The van der Waals surface area contributed by atoms with Gasteiger partial charge in [0, 0.05) is 0 Å².